The fourth-order valence-electron chi connectivity index (χ4n) is 9.56. The standard InChI is InChI=1S/C43H53NO14/c1-22-26(55-37(51)32(48)30(24-15-11-9-12-16-24)44-38(52)58-39(3,4)5)20-43(53)35(56-36(50)25-17-13-10-14-18-25)33-41(8,34(49)31(47)29(22)40(43,6)7)27(46)19-28-42(33,21-54-28)57-23(2)45/h9-18,26-28,30-33,35,46-48,53H,19-21H2,1-8H3,(H,44,52)/t26-,27-,28+,30+,31+,32+,33?,35-,41+,42-,43+/m0/s1. The van der Waals surface area contributed by atoms with Gasteiger partial charge in [0.1, 0.15) is 35.6 Å². The SMILES string of the molecule is CC(=O)O[C@@]12CO[C@@H]1C[C@H](O)[C@@]1(C)C(=O)[C@H](O)C3=C(C)[C@@H](OC(=O)[C@H](O)[C@H](NC(=O)OC(C)(C)C)c4ccccc4)C[C@@](O)([C@@H](OC(=O)c4ccccc4)C12)C3(C)C. The molecule has 0 radical (unpaired) electrons. The number of esters is 3. The van der Waals surface area contributed by atoms with Crippen LogP contribution in [0, 0.1) is 16.7 Å². The Balaban J connectivity index is 1.49. The quantitative estimate of drug-likeness (QED) is 0.147. The van der Waals surface area contributed by atoms with Gasteiger partial charge in [0.25, 0.3) is 0 Å². The summed E-state index contributed by atoms with van der Waals surface area (Å²) in [5, 5.41) is 51.6. The first kappa shape index (κ1) is 42.9. The third kappa shape index (κ3) is 7.10. The maximum atomic E-state index is 14.9. The monoisotopic (exact) mass is 807 g/mol. The molecule has 2 aromatic rings. The molecule has 2 aromatic carbocycles. The molecule has 4 aliphatic rings. The second kappa shape index (κ2) is 15.2. The van der Waals surface area contributed by atoms with Crippen molar-refractivity contribution in [2.45, 2.75) is 128 Å². The van der Waals surface area contributed by atoms with Crippen molar-refractivity contribution in [2.75, 3.05) is 6.61 Å². The minimum atomic E-state index is -2.35. The van der Waals surface area contributed by atoms with Crippen molar-refractivity contribution in [3.05, 3.63) is 82.9 Å². The number of hydrogen-bond donors (Lipinski definition) is 5. The molecule has 1 amide bonds. The Hall–Kier alpha value is -4.67. The van der Waals surface area contributed by atoms with Crippen LogP contribution in [0.1, 0.15) is 90.2 Å². The summed E-state index contributed by atoms with van der Waals surface area (Å²) in [6, 6.07) is 14.6. The Bertz CT molecular complexity index is 1980. The molecule has 5 N–H and O–H groups in total. The number of benzene rings is 2. The fraction of sp³-hybridized carbons (Fsp3) is 0.558. The molecule has 1 unspecified atom stereocenters. The third-order valence-corrected chi connectivity index (χ3v) is 12.6. The lowest BCUT2D eigenvalue weighted by atomic mass is 9.44. The van der Waals surface area contributed by atoms with Gasteiger partial charge in [0.2, 0.25) is 0 Å². The van der Waals surface area contributed by atoms with E-state index in [9.17, 15) is 44.4 Å². The van der Waals surface area contributed by atoms with Crippen LogP contribution in [-0.4, -0.2) is 110 Å². The predicted octanol–water partition coefficient (Wildman–Crippen LogP) is 3.26. The fourth-order valence-corrected chi connectivity index (χ4v) is 9.56. The van der Waals surface area contributed by atoms with Gasteiger partial charge in [-0.15, -0.1) is 0 Å². The van der Waals surface area contributed by atoms with Crippen molar-refractivity contribution in [1.82, 2.24) is 5.32 Å². The number of alkyl carbamates (subject to hydrolysis) is 1. The maximum absolute atomic E-state index is 14.9. The van der Waals surface area contributed by atoms with E-state index in [2.05, 4.69) is 5.32 Å². The molecule has 1 heterocycles. The van der Waals surface area contributed by atoms with E-state index in [0.717, 1.165) is 6.92 Å². The lowest BCUT2D eigenvalue weighted by molar-refractivity contribution is -0.346. The number of aliphatic hydroxyl groups excluding tert-OH is 3. The highest BCUT2D eigenvalue weighted by molar-refractivity contribution is 5.94. The van der Waals surface area contributed by atoms with Crippen molar-refractivity contribution in [2.24, 2.45) is 16.7 Å². The summed E-state index contributed by atoms with van der Waals surface area (Å²) >= 11 is 0. The van der Waals surface area contributed by atoms with Gasteiger partial charge in [0.15, 0.2) is 17.5 Å². The van der Waals surface area contributed by atoms with Gasteiger partial charge >= 0.3 is 24.0 Å². The van der Waals surface area contributed by atoms with Crippen LogP contribution in [0.25, 0.3) is 0 Å². The minimum Gasteiger partial charge on any atom is -0.456 e. The minimum absolute atomic E-state index is 0.0637. The highest BCUT2D eigenvalue weighted by Crippen LogP contribution is 2.64. The molecule has 2 bridgehead atoms. The zero-order valence-corrected chi connectivity index (χ0v) is 33.9. The Kier molecular flexibility index (Phi) is 11.2. The number of carbonyl (C=O) groups excluding carboxylic acids is 5. The molecule has 3 aliphatic carbocycles. The molecule has 0 aromatic heterocycles. The molecule has 0 spiro atoms. The van der Waals surface area contributed by atoms with Crippen molar-refractivity contribution in [3.63, 3.8) is 0 Å². The maximum Gasteiger partial charge on any atom is 0.408 e. The van der Waals surface area contributed by atoms with Gasteiger partial charge in [-0.2, -0.15) is 0 Å². The van der Waals surface area contributed by atoms with E-state index >= 15 is 0 Å². The number of fused-ring (bicyclic) bond motifs is 5. The first-order valence-corrected chi connectivity index (χ1v) is 19.3. The summed E-state index contributed by atoms with van der Waals surface area (Å²) in [6.45, 7) is 11.8. The lowest BCUT2D eigenvalue weighted by Gasteiger charge is -2.67. The van der Waals surface area contributed by atoms with Gasteiger partial charge in [0.05, 0.1) is 35.6 Å². The van der Waals surface area contributed by atoms with Gasteiger partial charge in [-0.1, -0.05) is 62.4 Å². The van der Waals surface area contributed by atoms with E-state index in [0.29, 0.717) is 5.56 Å². The molecule has 11 atom stereocenters. The summed E-state index contributed by atoms with van der Waals surface area (Å²) in [4.78, 5) is 68.9. The van der Waals surface area contributed by atoms with E-state index < -0.39 is 112 Å². The zero-order valence-electron chi connectivity index (χ0n) is 33.9. The molecule has 15 nitrogen and oxygen atoms in total. The summed E-state index contributed by atoms with van der Waals surface area (Å²) < 4.78 is 29.5. The second-order valence-electron chi connectivity index (χ2n) is 17.6. The van der Waals surface area contributed by atoms with Crippen molar-refractivity contribution >= 4 is 29.8 Å². The number of ketones is 1. The molecule has 314 valence electrons. The van der Waals surface area contributed by atoms with Crippen LogP contribution in [0.5, 0.6) is 0 Å². The molecular formula is C43H53NO14. The van der Waals surface area contributed by atoms with E-state index in [1.807, 2.05) is 0 Å². The number of carbonyl (C=O) groups is 5. The van der Waals surface area contributed by atoms with Crippen molar-refractivity contribution in [3.8, 4) is 0 Å². The van der Waals surface area contributed by atoms with Gasteiger partial charge in [-0.25, -0.2) is 14.4 Å². The molecule has 2 saturated carbocycles. The summed E-state index contributed by atoms with van der Waals surface area (Å²) in [5.74, 6) is -5.36. The van der Waals surface area contributed by atoms with Crippen molar-refractivity contribution < 1.29 is 68.1 Å². The smallest absolute Gasteiger partial charge is 0.408 e. The number of Topliss-reactive ketones (excluding diaryl/α,β-unsaturated/α-hetero) is 1. The van der Waals surface area contributed by atoms with Gasteiger partial charge in [-0.05, 0) is 63.5 Å². The van der Waals surface area contributed by atoms with E-state index in [4.69, 9.17) is 23.7 Å². The van der Waals surface area contributed by atoms with Crippen LogP contribution >= 0.6 is 0 Å². The van der Waals surface area contributed by atoms with Crippen LogP contribution in [0.2, 0.25) is 0 Å². The molecule has 15 heteroatoms. The summed E-state index contributed by atoms with van der Waals surface area (Å²) in [7, 11) is 0. The topological polar surface area (TPSA) is 224 Å². The van der Waals surface area contributed by atoms with Crippen LogP contribution in [-0.2, 0) is 38.1 Å². The van der Waals surface area contributed by atoms with E-state index in [1.165, 1.54) is 26.0 Å². The Morgan fingerprint density at radius 2 is 1.55 bits per heavy atom. The lowest BCUT2D eigenvalue weighted by Crippen LogP contribution is -2.81. The molecular weight excluding hydrogens is 754 g/mol. The first-order valence-electron chi connectivity index (χ1n) is 19.3. The van der Waals surface area contributed by atoms with Gasteiger partial charge < -0.3 is 49.4 Å². The van der Waals surface area contributed by atoms with Crippen LogP contribution in [0.15, 0.2) is 71.8 Å². The van der Waals surface area contributed by atoms with Crippen LogP contribution in [0.3, 0.4) is 0 Å². The van der Waals surface area contributed by atoms with Gasteiger partial charge in [-0.3, -0.25) is 9.59 Å². The first-order chi connectivity index (χ1) is 27.0. The number of amides is 1. The molecule has 6 rings (SSSR count). The summed E-state index contributed by atoms with van der Waals surface area (Å²) in [5.41, 5.74) is -8.14. The van der Waals surface area contributed by atoms with Crippen LogP contribution < -0.4 is 5.32 Å². The molecule has 3 fully saturated rings. The average Bonchev–Trinajstić information content (AvgIpc) is 3.14. The molecule has 1 aliphatic heterocycles. The number of ether oxygens (including phenoxy) is 5. The Labute approximate surface area is 336 Å². The number of hydrogen-bond acceptors (Lipinski definition) is 14. The number of nitrogens with one attached hydrogen (secondary N) is 1. The second-order valence-corrected chi connectivity index (χ2v) is 17.6. The van der Waals surface area contributed by atoms with Gasteiger partial charge in [0, 0.05) is 25.2 Å². The molecule has 58 heavy (non-hydrogen) atoms. The van der Waals surface area contributed by atoms with E-state index in [-0.39, 0.29) is 29.7 Å². The third-order valence-electron chi connectivity index (χ3n) is 12.6. The Morgan fingerprint density at radius 1 is 0.948 bits per heavy atom. The highest BCUT2D eigenvalue weighted by Gasteiger charge is 2.78. The number of rotatable bonds is 8. The van der Waals surface area contributed by atoms with E-state index in [1.54, 1.807) is 83.1 Å². The average molecular weight is 808 g/mol. The predicted molar refractivity (Wildman–Crippen MR) is 204 cm³/mol. The van der Waals surface area contributed by atoms with Crippen LogP contribution in [0.4, 0.5) is 4.79 Å². The molecule has 1 saturated heterocycles. The number of aliphatic hydroxyl groups is 4. The zero-order chi connectivity index (χ0) is 42.7. The Morgan fingerprint density at radius 3 is 2.10 bits per heavy atom. The van der Waals surface area contributed by atoms with Crippen molar-refractivity contribution in [1.29, 1.82) is 0 Å². The summed E-state index contributed by atoms with van der Waals surface area (Å²) in [6.07, 6.45) is -11.5. The highest BCUT2D eigenvalue weighted by atomic mass is 16.6. The largest absolute Gasteiger partial charge is 0.456 e. The normalized spacial score (nSPS) is 33.7.